The molecule has 0 bridgehead atoms. The fourth-order valence-electron chi connectivity index (χ4n) is 1.25. The first-order valence-electron chi connectivity index (χ1n) is 6.13. The van der Waals surface area contributed by atoms with Gasteiger partial charge in [-0.3, -0.25) is 0 Å². The van der Waals surface area contributed by atoms with E-state index < -0.39 is 18.0 Å². The Morgan fingerprint density at radius 3 is 2.26 bits per heavy atom. The fraction of sp³-hybridized carbons (Fsp3) is 0.429. The van der Waals surface area contributed by atoms with E-state index in [-0.39, 0.29) is 19.1 Å². The molecular formula is C14H19NO4. The van der Waals surface area contributed by atoms with Crippen molar-refractivity contribution in [3.63, 3.8) is 0 Å². The van der Waals surface area contributed by atoms with Crippen LogP contribution in [0, 0.1) is 5.92 Å². The summed E-state index contributed by atoms with van der Waals surface area (Å²) in [6.07, 6.45) is 0. The van der Waals surface area contributed by atoms with Crippen LogP contribution in [0.15, 0.2) is 30.3 Å². The van der Waals surface area contributed by atoms with Crippen LogP contribution >= 0.6 is 0 Å². The van der Waals surface area contributed by atoms with Gasteiger partial charge in [-0.05, 0) is 11.5 Å². The Morgan fingerprint density at radius 2 is 1.68 bits per heavy atom. The molecule has 0 aliphatic rings. The molecule has 0 saturated heterocycles. The molecule has 0 aromatic heterocycles. The largest absolute Gasteiger partial charge is 0.464 e. The van der Waals surface area contributed by atoms with Crippen molar-refractivity contribution < 1.29 is 19.1 Å². The SMILES string of the molecule is CC(C)COC(=O)C(N)C(=O)OCc1ccccc1. The number of rotatable bonds is 6. The minimum absolute atomic E-state index is 0.0881. The van der Waals surface area contributed by atoms with Gasteiger partial charge in [0, 0.05) is 0 Å². The Labute approximate surface area is 112 Å². The van der Waals surface area contributed by atoms with Gasteiger partial charge >= 0.3 is 11.9 Å². The predicted molar refractivity (Wildman–Crippen MR) is 70.0 cm³/mol. The van der Waals surface area contributed by atoms with E-state index in [0.29, 0.717) is 0 Å². The summed E-state index contributed by atoms with van der Waals surface area (Å²) in [7, 11) is 0. The van der Waals surface area contributed by atoms with Crippen LogP contribution in [-0.4, -0.2) is 24.6 Å². The summed E-state index contributed by atoms with van der Waals surface area (Å²) in [6, 6.07) is 7.77. The minimum Gasteiger partial charge on any atom is -0.464 e. The van der Waals surface area contributed by atoms with Crippen LogP contribution < -0.4 is 5.73 Å². The molecule has 19 heavy (non-hydrogen) atoms. The third-order valence-electron chi connectivity index (χ3n) is 2.29. The van der Waals surface area contributed by atoms with Crippen molar-refractivity contribution in [1.29, 1.82) is 0 Å². The highest BCUT2D eigenvalue weighted by Crippen LogP contribution is 2.02. The number of ether oxygens (including phenoxy) is 2. The molecular weight excluding hydrogens is 246 g/mol. The first-order valence-corrected chi connectivity index (χ1v) is 6.13. The number of hydrogen-bond donors (Lipinski definition) is 1. The number of esters is 2. The topological polar surface area (TPSA) is 78.6 Å². The summed E-state index contributed by atoms with van der Waals surface area (Å²) in [6.45, 7) is 4.11. The predicted octanol–water partition coefficient (Wildman–Crippen LogP) is 1.26. The van der Waals surface area contributed by atoms with Crippen molar-refractivity contribution in [3.8, 4) is 0 Å². The molecule has 0 aliphatic carbocycles. The first kappa shape index (κ1) is 15.2. The van der Waals surface area contributed by atoms with Gasteiger partial charge in [0.1, 0.15) is 6.61 Å². The summed E-state index contributed by atoms with van der Waals surface area (Å²) < 4.78 is 9.83. The third kappa shape index (κ3) is 5.52. The van der Waals surface area contributed by atoms with E-state index in [1.54, 1.807) is 0 Å². The summed E-state index contributed by atoms with van der Waals surface area (Å²) in [4.78, 5) is 23.0. The van der Waals surface area contributed by atoms with Gasteiger partial charge < -0.3 is 15.2 Å². The van der Waals surface area contributed by atoms with E-state index in [1.165, 1.54) is 0 Å². The lowest BCUT2D eigenvalue weighted by atomic mass is 10.2. The Kier molecular flexibility index (Phi) is 6.02. The van der Waals surface area contributed by atoms with E-state index in [9.17, 15) is 9.59 Å². The molecule has 2 N–H and O–H groups in total. The number of nitrogens with two attached hydrogens (primary N) is 1. The van der Waals surface area contributed by atoms with Crippen LogP contribution in [0.4, 0.5) is 0 Å². The maximum atomic E-state index is 11.6. The zero-order valence-electron chi connectivity index (χ0n) is 11.2. The second-order valence-corrected chi connectivity index (χ2v) is 4.59. The molecule has 0 amide bonds. The van der Waals surface area contributed by atoms with Crippen molar-refractivity contribution >= 4 is 11.9 Å². The Balaban J connectivity index is 2.38. The average molecular weight is 265 g/mol. The number of hydrogen-bond acceptors (Lipinski definition) is 5. The second-order valence-electron chi connectivity index (χ2n) is 4.59. The van der Waals surface area contributed by atoms with Crippen LogP contribution in [0.25, 0.3) is 0 Å². The molecule has 1 rings (SSSR count). The average Bonchev–Trinajstić information content (AvgIpc) is 2.42. The summed E-state index contributed by atoms with van der Waals surface area (Å²) >= 11 is 0. The first-order chi connectivity index (χ1) is 9.00. The zero-order chi connectivity index (χ0) is 14.3. The van der Waals surface area contributed by atoms with Gasteiger partial charge in [-0.15, -0.1) is 0 Å². The number of carbonyl (C=O) groups is 2. The molecule has 0 heterocycles. The molecule has 1 aromatic rings. The molecule has 1 unspecified atom stereocenters. The third-order valence-corrected chi connectivity index (χ3v) is 2.29. The Hall–Kier alpha value is -1.88. The fourth-order valence-corrected chi connectivity index (χ4v) is 1.25. The van der Waals surface area contributed by atoms with Crippen molar-refractivity contribution in [1.82, 2.24) is 0 Å². The quantitative estimate of drug-likeness (QED) is 0.618. The Morgan fingerprint density at radius 1 is 1.11 bits per heavy atom. The maximum absolute atomic E-state index is 11.6. The zero-order valence-corrected chi connectivity index (χ0v) is 11.2. The van der Waals surface area contributed by atoms with Gasteiger partial charge in [0.2, 0.25) is 6.04 Å². The highest BCUT2D eigenvalue weighted by molar-refractivity contribution is 5.98. The normalized spacial score (nSPS) is 12.0. The van der Waals surface area contributed by atoms with Crippen LogP contribution in [-0.2, 0) is 25.7 Å². The van der Waals surface area contributed by atoms with Crippen molar-refractivity contribution in [2.24, 2.45) is 11.7 Å². The molecule has 104 valence electrons. The molecule has 0 saturated carbocycles. The summed E-state index contributed by atoms with van der Waals surface area (Å²) in [5.74, 6) is -1.35. The number of carbonyl (C=O) groups excluding carboxylic acids is 2. The second kappa shape index (κ2) is 7.53. The lowest BCUT2D eigenvalue weighted by molar-refractivity contribution is -0.158. The lowest BCUT2D eigenvalue weighted by Crippen LogP contribution is -2.41. The molecule has 0 spiro atoms. The highest BCUT2D eigenvalue weighted by Gasteiger charge is 2.25. The Bertz CT molecular complexity index is 417. The molecule has 0 radical (unpaired) electrons. The van der Waals surface area contributed by atoms with Crippen molar-refractivity contribution in [3.05, 3.63) is 35.9 Å². The van der Waals surface area contributed by atoms with Gasteiger partial charge in [0.25, 0.3) is 0 Å². The summed E-state index contributed by atoms with van der Waals surface area (Å²) in [5.41, 5.74) is 6.29. The molecule has 5 heteroatoms. The molecule has 5 nitrogen and oxygen atoms in total. The van der Waals surface area contributed by atoms with Gasteiger partial charge in [-0.1, -0.05) is 44.2 Å². The van der Waals surface area contributed by atoms with Crippen LogP contribution in [0.5, 0.6) is 0 Å². The van der Waals surface area contributed by atoms with Crippen molar-refractivity contribution in [2.45, 2.75) is 26.5 Å². The van der Waals surface area contributed by atoms with E-state index in [1.807, 2.05) is 44.2 Å². The van der Waals surface area contributed by atoms with E-state index in [0.717, 1.165) is 5.56 Å². The van der Waals surface area contributed by atoms with Gasteiger partial charge in [0.15, 0.2) is 0 Å². The molecule has 1 aromatic carbocycles. The highest BCUT2D eigenvalue weighted by atomic mass is 16.6. The van der Waals surface area contributed by atoms with Crippen LogP contribution in [0.3, 0.4) is 0 Å². The summed E-state index contributed by atoms with van der Waals surface area (Å²) in [5, 5.41) is 0. The van der Waals surface area contributed by atoms with Crippen LogP contribution in [0.1, 0.15) is 19.4 Å². The van der Waals surface area contributed by atoms with E-state index in [2.05, 4.69) is 0 Å². The molecule has 0 fully saturated rings. The van der Waals surface area contributed by atoms with Crippen LogP contribution in [0.2, 0.25) is 0 Å². The minimum atomic E-state index is -1.39. The standard InChI is InChI=1S/C14H19NO4/c1-10(2)8-18-13(16)12(15)14(17)19-9-11-6-4-3-5-7-11/h3-7,10,12H,8-9,15H2,1-2H3. The van der Waals surface area contributed by atoms with Gasteiger partial charge in [-0.2, -0.15) is 0 Å². The monoisotopic (exact) mass is 265 g/mol. The van der Waals surface area contributed by atoms with Crippen molar-refractivity contribution in [2.75, 3.05) is 6.61 Å². The smallest absolute Gasteiger partial charge is 0.334 e. The van der Waals surface area contributed by atoms with E-state index >= 15 is 0 Å². The lowest BCUT2D eigenvalue weighted by Gasteiger charge is -2.12. The molecule has 0 aliphatic heterocycles. The van der Waals surface area contributed by atoms with Gasteiger partial charge in [-0.25, -0.2) is 9.59 Å². The maximum Gasteiger partial charge on any atom is 0.334 e. The molecule has 1 atom stereocenters. The van der Waals surface area contributed by atoms with E-state index in [4.69, 9.17) is 15.2 Å². The van der Waals surface area contributed by atoms with Gasteiger partial charge in [0.05, 0.1) is 6.61 Å². The number of benzene rings is 1.